The van der Waals surface area contributed by atoms with Crippen molar-refractivity contribution in [3.8, 4) is 0 Å². The summed E-state index contributed by atoms with van der Waals surface area (Å²) in [7, 11) is -3.59. The monoisotopic (exact) mass is 456 g/mol. The van der Waals surface area contributed by atoms with Crippen molar-refractivity contribution in [2.24, 2.45) is 0 Å². The Morgan fingerprint density at radius 2 is 1.88 bits per heavy atom. The van der Waals surface area contributed by atoms with E-state index >= 15 is 0 Å². The molecule has 0 aliphatic carbocycles. The van der Waals surface area contributed by atoms with Crippen molar-refractivity contribution in [1.82, 2.24) is 24.0 Å². The maximum atomic E-state index is 12.8. The number of piperidine rings is 1. The van der Waals surface area contributed by atoms with Crippen LogP contribution in [0.15, 0.2) is 52.4 Å². The number of anilines is 1. The first-order valence-corrected chi connectivity index (χ1v) is 12.1. The van der Waals surface area contributed by atoms with E-state index in [2.05, 4.69) is 15.1 Å². The molecule has 0 bridgehead atoms. The number of hydrogen-bond donors (Lipinski definition) is 0. The Labute approximate surface area is 185 Å². The van der Waals surface area contributed by atoms with Gasteiger partial charge in [0.15, 0.2) is 10.9 Å². The van der Waals surface area contributed by atoms with E-state index in [1.165, 1.54) is 16.8 Å². The van der Waals surface area contributed by atoms with Crippen molar-refractivity contribution >= 4 is 21.6 Å². The van der Waals surface area contributed by atoms with Gasteiger partial charge in [0.25, 0.3) is 10.0 Å². The third-order valence-corrected chi connectivity index (χ3v) is 7.66. The minimum absolute atomic E-state index is 0.0168. The normalized spacial score (nSPS) is 20.2. The topological polar surface area (TPSA) is 114 Å². The molecule has 0 saturated carbocycles. The van der Waals surface area contributed by atoms with Gasteiger partial charge in [-0.2, -0.15) is 9.29 Å². The maximum Gasteiger partial charge on any atom is 0.262 e. The van der Waals surface area contributed by atoms with Crippen LogP contribution in [0.3, 0.4) is 0 Å². The molecule has 1 aromatic carbocycles. The molecule has 5 rings (SSSR count). The van der Waals surface area contributed by atoms with E-state index in [9.17, 15) is 13.2 Å². The molecule has 3 aromatic rings. The molecular formula is C21H24N6O4S. The molecule has 2 fully saturated rings. The lowest BCUT2D eigenvalue weighted by atomic mass is 10.1. The Balaban J connectivity index is 1.26. The summed E-state index contributed by atoms with van der Waals surface area (Å²) in [6, 6.07) is 9.49. The van der Waals surface area contributed by atoms with Crippen molar-refractivity contribution in [3.63, 3.8) is 0 Å². The van der Waals surface area contributed by atoms with Gasteiger partial charge in [-0.1, -0.05) is 29.8 Å². The minimum atomic E-state index is -3.59. The predicted octanol–water partition coefficient (Wildman–Crippen LogP) is 2.01. The standard InChI is InChI=1S/C21H24N6O4S/c28-20-11-16(12-27(20)17-7-3-1-4-8-17)21-23-18(24-31-21)13-25-14-19(22-15-25)32(29,30)26-9-5-2-6-10-26/h1,3-4,7-8,14-16H,2,5-6,9-13H2/t16-/m0/s1. The van der Waals surface area contributed by atoms with Crippen molar-refractivity contribution < 1.29 is 17.7 Å². The lowest BCUT2D eigenvalue weighted by Gasteiger charge is -2.24. The number of nitrogens with zero attached hydrogens (tertiary/aromatic N) is 6. The number of carbonyl (C=O) groups is 1. The summed E-state index contributed by atoms with van der Waals surface area (Å²) in [5, 5.41) is 4.05. The molecule has 32 heavy (non-hydrogen) atoms. The van der Waals surface area contributed by atoms with Crippen molar-refractivity contribution in [2.75, 3.05) is 24.5 Å². The molecule has 1 amide bonds. The van der Waals surface area contributed by atoms with E-state index in [1.54, 1.807) is 9.47 Å². The summed E-state index contributed by atoms with van der Waals surface area (Å²) in [5.74, 6) is 0.655. The zero-order valence-electron chi connectivity index (χ0n) is 17.5. The van der Waals surface area contributed by atoms with Crippen molar-refractivity contribution in [1.29, 1.82) is 0 Å². The van der Waals surface area contributed by atoms with Crippen LogP contribution in [0.2, 0.25) is 0 Å². The number of imidazole rings is 1. The molecule has 11 heteroatoms. The Hall–Kier alpha value is -3.05. The zero-order chi connectivity index (χ0) is 22.1. The first-order valence-electron chi connectivity index (χ1n) is 10.7. The average molecular weight is 457 g/mol. The van der Waals surface area contributed by atoms with Crippen molar-refractivity contribution in [3.05, 3.63) is 54.6 Å². The first kappa shape index (κ1) is 20.8. The van der Waals surface area contributed by atoms with Gasteiger partial charge in [0.05, 0.1) is 18.8 Å². The summed E-state index contributed by atoms with van der Waals surface area (Å²) in [4.78, 5) is 22.7. The molecule has 2 saturated heterocycles. The molecule has 10 nitrogen and oxygen atoms in total. The average Bonchev–Trinajstić information content (AvgIpc) is 3.56. The molecule has 2 aromatic heterocycles. The summed E-state index contributed by atoms with van der Waals surface area (Å²) in [6.07, 6.45) is 6.06. The third kappa shape index (κ3) is 4.05. The largest absolute Gasteiger partial charge is 0.339 e. The molecule has 2 aliphatic heterocycles. The van der Waals surface area contributed by atoms with Crippen molar-refractivity contribution in [2.45, 2.75) is 43.2 Å². The van der Waals surface area contributed by atoms with Crippen LogP contribution in [0.25, 0.3) is 0 Å². The lowest BCUT2D eigenvalue weighted by molar-refractivity contribution is -0.117. The van der Waals surface area contributed by atoms with Crippen LogP contribution < -0.4 is 4.90 Å². The molecule has 0 N–H and O–H groups in total. The Kier molecular flexibility index (Phi) is 5.51. The second kappa shape index (κ2) is 8.47. The first-order chi connectivity index (χ1) is 15.5. The quantitative estimate of drug-likeness (QED) is 0.557. The van der Waals surface area contributed by atoms with Gasteiger partial charge in [-0.3, -0.25) is 4.79 Å². The highest BCUT2D eigenvalue weighted by molar-refractivity contribution is 7.89. The van der Waals surface area contributed by atoms with Crippen LogP contribution in [-0.2, 0) is 21.4 Å². The van der Waals surface area contributed by atoms with E-state index in [-0.39, 0.29) is 23.4 Å². The van der Waals surface area contributed by atoms with E-state index in [0.29, 0.717) is 37.8 Å². The van der Waals surface area contributed by atoms with Crippen LogP contribution in [0.4, 0.5) is 5.69 Å². The number of sulfonamides is 1. The number of rotatable bonds is 6. The van der Waals surface area contributed by atoms with E-state index in [0.717, 1.165) is 24.9 Å². The molecule has 4 heterocycles. The van der Waals surface area contributed by atoms with Crippen LogP contribution in [0.1, 0.15) is 43.3 Å². The van der Waals surface area contributed by atoms with Crippen LogP contribution in [0, 0.1) is 0 Å². The number of benzene rings is 1. The maximum absolute atomic E-state index is 12.8. The van der Waals surface area contributed by atoms with Crippen LogP contribution in [-0.4, -0.2) is 58.0 Å². The number of para-hydroxylation sites is 1. The number of carbonyl (C=O) groups excluding carboxylic acids is 1. The van der Waals surface area contributed by atoms with Gasteiger partial charge in [0.1, 0.15) is 0 Å². The van der Waals surface area contributed by atoms with Crippen LogP contribution >= 0.6 is 0 Å². The molecule has 2 aliphatic rings. The van der Waals surface area contributed by atoms with Gasteiger partial charge in [0.2, 0.25) is 11.8 Å². The van der Waals surface area contributed by atoms with E-state index < -0.39 is 10.0 Å². The second-order valence-electron chi connectivity index (χ2n) is 8.14. The summed E-state index contributed by atoms with van der Waals surface area (Å²) in [5.41, 5.74) is 0.848. The third-order valence-electron chi connectivity index (χ3n) is 5.88. The smallest absolute Gasteiger partial charge is 0.262 e. The van der Waals surface area contributed by atoms with Gasteiger partial charge < -0.3 is 14.0 Å². The highest BCUT2D eigenvalue weighted by atomic mass is 32.2. The molecular weight excluding hydrogens is 432 g/mol. The van der Waals surface area contributed by atoms with Gasteiger partial charge in [-0.25, -0.2) is 13.4 Å². The highest BCUT2D eigenvalue weighted by Crippen LogP contribution is 2.31. The molecule has 1 atom stereocenters. The summed E-state index contributed by atoms with van der Waals surface area (Å²) < 4.78 is 34.1. The highest BCUT2D eigenvalue weighted by Gasteiger charge is 2.35. The number of amides is 1. The fourth-order valence-corrected chi connectivity index (χ4v) is 5.64. The lowest BCUT2D eigenvalue weighted by Crippen LogP contribution is -2.35. The predicted molar refractivity (Wildman–Crippen MR) is 114 cm³/mol. The molecule has 0 spiro atoms. The van der Waals surface area contributed by atoms with E-state index in [1.807, 2.05) is 30.3 Å². The Morgan fingerprint density at radius 3 is 2.66 bits per heavy atom. The Morgan fingerprint density at radius 1 is 1.09 bits per heavy atom. The second-order valence-corrected chi connectivity index (χ2v) is 10.0. The van der Waals surface area contributed by atoms with Crippen LogP contribution in [0.5, 0.6) is 0 Å². The Bertz CT molecular complexity index is 1200. The number of aromatic nitrogens is 4. The summed E-state index contributed by atoms with van der Waals surface area (Å²) >= 11 is 0. The van der Waals surface area contributed by atoms with Gasteiger partial charge in [0, 0.05) is 37.9 Å². The minimum Gasteiger partial charge on any atom is -0.339 e. The molecule has 0 unspecified atom stereocenters. The van der Waals surface area contributed by atoms with Gasteiger partial charge in [-0.05, 0) is 25.0 Å². The van der Waals surface area contributed by atoms with Gasteiger partial charge in [-0.15, -0.1) is 0 Å². The molecule has 168 valence electrons. The fourth-order valence-electron chi connectivity index (χ4n) is 4.19. The fraction of sp³-hybridized carbons (Fsp3) is 0.429. The van der Waals surface area contributed by atoms with Gasteiger partial charge >= 0.3 is 0 Å². The number of hydrogen-bond acceptors (Lipinski definition) is 7. The SMILES string of the molecule is O=C1C[C@H](c2nc(Cn3cnc(S(=O)(=O)N4CCCCC4)c3)no2)CN1c1ccccc1. The summed E-state index contributed by atoms with van der Waals surface area (Å²) in [6.45, 7) is 1.77. The molecule has 0 radical (unpaired) electrons. The van der Waals surface area contributed by atoms with E-state index in [4.69, 9.17) is 4.52 Å². The zero-order valence-corrected chi connectivity index (χ0v) is 18.3.